The number of nitrogens with one attached hydrogen (secondary N) is 1. The van der Waals surface area contributed by atoms with Gasteiger partial charge < -0.3 is 19.9 Å². The lowest BCUT2D eigenvalue weighted by atomic mass is 10.1. The van der Waals surface area contributed by atoms with Gasteiger partial charge in [-0.05, 0) is 25.0 Å². The van der Waals surface area contributed by atoms with Crippen molar-refractivity contribution < 1.29 is 14.3 Å². The maximum Gasteiger partial charge on any atom is 0.263 e. The Morgan fingerprint density at radius 3 is 2.74 bits per heavy atom. The topological polar surface area (TPSA) is 85.7 Å². The molecule has 0 aliphatic carbocycles. The van der Waals surface area contributed by atoms with Crippen molar-refractivity contribution in [1.29, 1.82) is 5.26 Å². The van der Waals surface area contributed by atoms with E-state index in [2.05, 4.69) is 5.32 Å². The average Bonchev–Trinajstić information content (AvgIpc) is 2.69. The van der Waals surface area contributed by atoms with E-state index in [4.69, 9.17) is 10.00 Å². The first-order valence-corrected chi connectivity index (χ1v) is 9.42. The molecule has 2 rings (SSSR count). The molecule has 2 amide bonds. The number of para-hydroxylation sites is 2. The number of rotatable bonds is 8. The number of hydrogen-bond acceptors (Lipinski definition) is 5. The van der Waals surface area contributed by atoms with Gasteiger partial charge in [0.2, 0.25) is 5.91 Å². The Kier molecular flexibility index (Phi) is 7.47. The molecule has 0 bridgehead atoms. The van der Waals surface area contributed by atoms with Crippen LogP contribution in [0.2, 0.25) is 0 Å². The summed E-state index contributed by atoms with van der Waals surface area (Å²) in [5.74, 6) is 0.343. The van der Waals surface area contributed by atoms with E-state index in [1.165, 1.54) is 0 Å². The Balaban J connectivity index is 2.12. The first-order valence-electron chi connectivity index (χ1n) is 9.42. The predicted molar refractivity (Wildman–Crippen MR) is 103 cm³/mol. The molecule has 0 saturated carbocycles. The molecule has 1 atom stereocenters. The number of carbonyl (C=O) groups is 2. The van der Waals surface area contributed by atoms with Crippen molar-refractivity contribution in [1.82, 2.24) is 10.2 Å². The molecule has 27 heavy (non-hydrogen) atoms. The van der Waals surface area contributed by atoms with Gasteiger partial charge in [-0.15, -0.1) is 0 Å². The van der Waals surface area contributed by atoms with Crippen LogP contribution in [0.1, 0.15) is 33.1 Å². The molecule has 0 spiro atoms. The fourth-order valence-corrected chi connectivity index (χ4v) is 3.01. The Morgan fingerprint density at radius 1 is 1.37 bits per heavy atom. The molecule has 7 nitrogen and oxygen atoms in total. The highest BCUT2D eigenvalue weighted by atomic mass is 16.5. The molecule has 0 radical (unpaired) electrons. The first-order chi connectivity index (χ1) is 13.0. The number of fused-ring (bicyclic) bond motifs is 1. The van der Waals surface area contributed by atoms with Crippen LogP contribution in [0.4, 0.5) is 5.69 Å². The van der Waals surface area contributed by atoms with Gasteiger partial charge in [0.15, 0.2) is 6.10 Å². The van der Waals surface area contributed by atoms with E-state index in [-0.39, 0.29) is 24.4 Å². The van der Waals surface area contributed by atoms with Crippen molar-refractivity contribution in [2.75, 3.05) is 31.6 Å². The van der Waals surface area contributed by atoms with Crippen molar-refractivity contribution in [3.05, 3.63) is 24.3 Å². The lowest BCUT2D eigenvalue weighted by Gasteiger charge is -2.36. The van der Waals surface area contributed by atoms with E-state index in [0.717, 1.165) is 18.5 Å². The number of likely N-dealkylation sites (N-methyl/N-ethyl adjacent to an activating group) is 1. The maximum atomic E-state index is 12.6. The summed E-state index contributed by atoms with van der Waals surface area (Å²) in [5.41, 5.74) is 0.797. The molecule has 0 aromatic heterocycles. The van der Waals surface area contributed by atoms with Gasteiger partial charge in [0.1, 0.15) is 5.75 Å². The zero-order chi connectivity index (χ0) is 19.8. The average molecular weight is 372 g/mol. The van der Waals surface area contributed by atoms with Gasteiger partial charge in [0.05, 0.1) is 31.3 Å². The van der Waals surface area contributed by atoms with Crippen LogP contribution in [-0.2, 0) is 9.59 Å². The fourth-order valence-electron chi connectivity index (χ4n) is 3.01. The molecular formula is C20H28N4O3. The molecule has 1 aromatic carbocycles. The molecule has 1 N–H and O–H groups in total. The monoisotopic (exact) mass is 372 g/mol. The summed E-state index contributed by atoms with van der Waals surface area (Å²) in [7, 11) is 1.68. The second-order valence-electron chi connectivity index (χ2n) is 6.70. The molecule has 1 aliphatic rings. The number of nitriles is 1. The summed E-state index contributed by atoms with van der Waals surface area (Å²) >= 11 is 0. The van der Waals surface area contributed by atoms with Crippen molar-refractivity contribution in [2.45, 2.75) is 45.3 Å². The van der Waals surface area contributed by atoms with Gasteiger partial charge in [-0.2, -0.15) is 5.26 Å². The second-order valence-corrected chi connectivity index (χ2v) is 6.70. The molecule has 0 saturated heterocycles. The summed E-state index contributed by atoms with van der Waals surface area (Å²) in [6, 6.07) is 9.57. The van der Waals surface area contributed by atoms with E-state index in [1.807, 2.05) is 49.1 Å². The fraction of sp³-hybridized carbons (Fsp3) is 0.550. The SMILES string of the molecule is CCC(CC)NC(=O)[C@@H]1CN(CC(=O)N(C)CCC#N)c2ccccc2O1. The number of carbonyl (C=O) groups excluding carboxylic acids is 2. The third-order valence-corrected chi connectivity index (χ3v) is 4.80. The van der Waals surface area contributed by atoms with Crippen molar-refractivity contribution in [3.63, 3.8) is 0 Å². The highest BCUT2D eigenvalue weighted by Gasteiger charge is 2.32. The lowest BCUT2D eigenvalue weighted by Crippen LogP contribution is -2.52. The Hall–Kier alpha value is -2.75. The summed E-state index contributed by atoms with van der Waals surface area (Å²) < 4.78 is 5.90. The molecule has 146 valence electrons. The molecule has 7 heteroatoms. The Labute approximate surface area is 160 Å². The Morgan fingerprint density at radius 2 is 2.07 bits per heavy atom. The number of ether oxygens (including phenoxy) is 1. The summed E-state index contributed by atoms with van der Waals surface area (Å²) in [6.07, 6.45) is 1.34. The van der Waals surface area contributed by atoms with E-state index in [1.54, 1.807) is 11.9 Å². The quantitative estimate of drug-likeness (QED) is 0.754. The third-order valence-electron chi connectivity index (χ3n) is 4.80. The number of anilines is 1. The van der Waals surface area contributed by atoms with Crippen LogP contribution in [-0.4, -0.2) is 55.5 Å². The minimum atomic E-state index is -0.669. The maximum absolute atomic E-state index is 12.6. The van der Waals surface area contributed by atoms with Crippen LogP contribution in [0.3, 0.4) is 0 Å². The lowest BCUT2D eigenvalue weighted by molar-refractivity contribution is -0.130. The van der Waals surface area contributed by atoms with Crippen molar-refractivity contribution in [3.8, 4) is 11.8 Å². The van der Waals surface area contributed by atoms with Gasteiger partial charge in [-0.25, -0.2) is 0 Å². The number of nitrogens with zero attached hydrogens (tertiary/aromatic N) is 3. The molecular weight excluding hydrogens is 344 g/mol. The van der Waals surface area contributed by atoms with Gasteiger partial charge in [0, 0.05) is 19.6 Å². The van der Waals surface area contributed by atoms with Gasteiger partial charge in [0.25, 0.3) is 5.91 Å². The van der Waals surface area contributed by atoms with Crippen LogP contribution >= 0.6 is 0 Å². The van der Waals surface area contributed by atoms with Crippen molar-refractivity contribution in [2.24, 2.45) is 0 Å². The number of hydrogen-bond donors (Lipinski definition) is 1. The minimum absolute atomic E-state index is 0.0962. The molecule has 1 heterocycles. The van der Waals surface area contributed by atoms with E-state index in [0.29, 0.717) is 25.3 Å². The predicted octanol–water partition coefficient (Wildman–Crippen LogP) is 1.93. The zero-order valence-corrected chi connectivity index (χ0v) is 16.3. The van der Waals surface area contributed by atoms with E-state index < -0.39 is 6.10 Å². The number of amides is 2. The summed E-state index contributed by atoms with van der Waals surface area (Å²) in [6.45, 7) is 4.90. The van der Waals surface area contributed by atoms with E-state index >= 15 is 0 Å². The third kappa shape index (κ3) is 5.36. The highest BCUT2D eigenvalue weighted by molar-refractivity contribution is 5.86. The largest absolute Gasteiger partial charge is 0.477 e. The first kappa shape index (κ1) is 20.6. The normalized spacial score (nSPS) is 15.5. The molecule has 0 unspecified atom stereocenters. The summed E-state index contributed by atoms with van der Waals surface area (Å²) in [5, 5.41) is 11.7. The minimum Gasteiger partial charge on any atom is -0.477 e. The number of benzene rings is 1. The molecule has 0 fully saturated rings. The molecule has 1 aliphatic heterocycles. The second kappa shape index (κ2) is 9.81. The van der Waals surface area contributed by atoms with Gasteiger partial charge >= 0.3 is 0 Å². The Bertz CT molecular complexity index is 697. The smallest absolute Gasteiger partial charge is 0.263 e. The van der Waals surface area contributed by atoms with Crippen LogP contribution in [0.25, 0.3) is 0 Å². The van der Waals surface area contributed by atoms with Crippen molar-refractivity contribution >= 4 is 17.5 Å². The van der Waals surface area contributed by atoms with Crippen LogP contribution in [0.15, 0.2) is 24.3 Å². The highest BCUT2D eigenvalue weighted by Crippen LogP contribution is 2.33. The van der Waals surface area contributed by atoms with Crippen LogP contribution in [0.5, 0.6) is 5.75 Å². The van der Waals surface area contributed by atoms with Gasteiger partial charge in [-0.3, -0.25) is 9.59 Å². The standard InChI is InChI=1S/C20H28N4O3/c1-4-15(5-2)22-20(26)18-13-24(14-19(25)23(3)12-8-11-21)16-9-6-7-10-17(16)27-18/h6-7,9-10,15,18H,4-5,8,12-14H2,1-3H3,(H,22,26)/t18-/m0/s1. The van der Waals surface area contributed by atoms with Gasteiger partial charge in [-0.1, -0.05) is 26.0 Å². The van der Waals surface area contributed by atoms with Crippen LogP contribution < -0.4 is 15.0 Å². The summed E-state index contributed by atoms with van der Waals surface area (Å²) in [4.78, 5) is 28.6. The van der Waals surface area contributed by atoms with E-state index in [9.17, 15) is 9.59 Å². The van der Waals surface area contributed by atoms with Crippen LogP contribution in [0, 0.1) is 11.3 Å². The molecule has 1 aromatic rings. The zero-order valence-electron chi connectivity index (χ0n) is 16.3.